The molecule has 0 saturated carbocycles. The van der Waals surface area contributed by atoms with E-state index in [1.54, 1.807) is 37.3 Å². The van der Waals surface area contributed by atoms with Crippen LogP contribution in [0.5, 0.6) is 11.5 Å². The first-order valence-electron chi connectivity index (χ1n) is 5.46. The van der Waals surface area contributed by atoms with Crippen LogP contribution in [0.3, 0.4) is 0 Å². The zero-order chi connectivity index (χ0) is 13.1. The molecular formula is C14H12Cl2O2. The van der Waals surface area contributed by atoms with E-state index in [1.165, 1.54) is 0 Å². The van der Waals surface area contributed by atoms with Gasteiger partial charge < -0.3 is 9.84 Å². The highest BCUT2D eigenvalue weighted by Gasteiger charge is 2.03. The molecule has 0 saturated heterocycles. The number of aliphatic hydroxyl groups excluding tert-OH is 1. The van der Waals surface area contributed by atoms with Gasteiger partial charge in [0.15, 0.2) is 0 Å². The third-order valence-electron chi connectivity index (χ3n) is 2.43. The molecule has 0 amide bonds. The highest BCUT2D eigenvalue weighted by atomic mass is 35.5. The number of benzene rings is 2. The second-order valence-corrected chi connectivity index (χ2v) is 4.83. The van der Waals surface area contributed by atoms with E-state index >= 15 is 0 Å². The Bertz CT molecular complexity index is 516. The van der Waals surface area contributed by atoms with E-state index in [-0.39, 0.29) is 0 Å². The summed E-state index contributed by atoms with van der Waals surface area (Å²) in [6.07, 6.45) is -0.486. The molecular weight excluding hydrogens is 271 g/mol. The molecule has 2 rings (SSSR count). The van der Waals surface area contributed by atoms with E-state index in [0.29, 0.717) is 21.5 Å². The lowest BCUT2D eigenvalue weighted by Crippen LogP contribution is -1.90. The van der Waals surface area contributed by atoms with Gasteiger partial charge in [-0.2, -0.15) is 0 Å². The fourth-order valence-corrected chi connectivity index (χ4v) is 2.04. The number of ether oxygens (including phenoxy) is 1. The Balaban J connectivity index is 2.18. The van der Waals surface area contributed by atoms with Gasteiger partial charge in [-0.25, -0.2) is 0 Å². The smallest absolute Gasteiger partial charge is 0.130 e. The van der Waals surface area contributed by atoms with Gasteiger partial charge in [0.1, 0.15) is 11.5 Å². The molecule has 1 atom stereocenters. The third-order valence-corrected chi connectivity index (χ3v) is 2.87. The summed E-state index contributed by atoms with van der Waals surface area (Å²) in [6.45, 7) is 1.71. The Kier molecular flexibility index (Phi) is 4.12. The molecule has 2 nitrogen and oxygen atoms in total. The van der Waals surface area contributed by atoms with E-state index in [1.807, 2.05) is 12.1 Å². The predicted molar refractivity (Wildman–Crippen MR) is 73.6 cm³/mol. The van der Waals surface area contributed by atoms with Gasteiger partial charge in [-0.15, -0.1) is 0 Å². The first-order chi connectivity index (χ1) is 8.54. The molecule has 4 heteroatoms. The summed E-state index contributed by atoms with van der Waals surface area (Å²) in [5, 5.41) is 10.5. The number of aliphatic hydroxyl groups is 1. The molecule has 0 aliphatic rings. The lowest BCUT2D eigenvalue weighted by atomic mass is 10.1. The molecule has 0 bridgehead atoms. The molecule has 0 heterocycles. The van der Waals surface area contributed by atoms with Crippen molar-refractivity contribution >= 4 is 23.2 Å². The van der Waals surface area contributed by atoms with Crippen LogP contribution in [0.25, 0.3) is 0 Å². The fraction of sp³-hybridized carbons (Fsp3) is 0.143. The lowest BCUT2D eigenvalue weighted by Gasteiger charge is -2.08. The van der Waals surface area contributed by atoms with Gasteiger partial charge in [0, 0.05) is 10.0 Å². The summed E-state index contributed by atoms with van der Waals surface area (Å²) in [6, 6.07) is 12.2. The van der Waals surface area contributed by atoms with Crippen molar-refractivity contribution in [1.29, 1.82) is 0 Å². The van der Waals surface area contributed by atoms with E-state index < -0.39 is 6.10 Å². The minimum Gasteiger partial charge on any atom is -0.457 e. The Morgan fingerprint density at radius 2 is 1.50 bits per heavy atom. The van der Waals surface area contributed by atoms with Crippen LogP contribution in [0, 0.1) is 0 Å². The van der Waals surface area contributed by atoms with E-state index in [4.69, 9.17) is 27.9 Å². The fourth-order valence-electron chi connectivity index (χ4n) is 1.54. The van der Waals surface area contributed by atoms with Crippen molar-refractivity contribution in [2.75, 3.05) is 0 Å². The molecule has 0 spiro atoms. The minimum atomic E-state index is -0.486. The van der Waals surface area contributed by atoms with Gasteiger partial charge in [-0.05, 0) is 42.8 Å². The van der Waals surface area contributed by atoms with Crippen LogP contribution in [0.15, 0.2) is 42.5 Å². The Hall–Kier alpha value is -1.22. The second kappa shape index (κ2) is 5.61. The molecule has 2 aromatic rings. The summed E-state index contributed by atoms with van der Waals surface area (Å²) in [7, 11) is 0. The van der Waals surface area contributed by atoms with Crippen molar-refractivity contribution in [1.82, 2.24) is 0 Å². The largest absolute Gasteiger partial charge is 0.457 e. The quantitative estimate of drug-likeness (QED) is 0.873. The van der Waals surface area contributed by atoms with Gasteiger partial charge in [-0.3, -0.25) is 0 Å². The van der Waals surface area contributed by atoms with Crippen LogP contribution in [-0.2, 0) is 0 Å². The molecule has 0 fully saturated rings. The zero-order valence-corrected chi connectivity index (χ0v) is 11.2. The second-order valence-electron chi connectivity index (χ2n) is 3.95. The van der Waals surface area contributed by atoms with Crippen molar-refractivity contribution < 1.29 is 9.84 Å². The van der Waals surface area contributed by atoms with Crippen LogP contribution in [0.1, 0.15) is 18.6 Å². The summed E-state index contributed by atoms with van der Waals surface area (Å²) < 4.78 is 5.62. The van der Waals surface area contributed by atoms with Crippen molar-refractivity contribution in [3.63, 3.8) is 0 Å². The molecule has 94 valence electrons. The number of hydrogen-bond donors (Lipinski definition) is 1. The van der Waals surface area contributed by atoms with E-state index in [2.05, 4.69) is 0 Å². The van der Waals surface area contributed by atoms with Crippen molar-refractivity contribution in [3.8, 4) is 11.5 Å². The van der Waals surface area contributed by atoms with Gasteiger partial charge >= 0.3 is 0 Å². The van der Waals surface area contributed by atoms with Crippen LogP contribution in [0.2, 0.25) is 10.0 Å². The molecule has 0 aliphatic heterocycles. The van der Waals surface area contributed by atoms with E-state index in [9.17, 15) is 5.11 Å². The maximum atomic E-state index is 9.40. The predicted octanol–water partition coefficient (Wildman–Crippen LogP) is 4.84. The average molecular weight is 283 g/mol. The highest BCUT2D eigenvalue weighted by Crippen LogP contribution is 2.28. The van der Waals surface area contributed by atoms with Gasteiger partial charge in [0.05, 0.1) is 6.10 Å². The van der Waals surface area contributed by atoms with E-state index in [0.717, 1.165) is 5.56 Å². The first-order valence-corrected chi connectivity index (χ1v) is 6.22. The van der Waals surface area contributed by atoms with Crippen LogP contribution < -0.4 is 4.74 Å². The summed E-state index contributed by atoms with van der Waals surface area (Å²) in [5.74, 6) is 1.25. The molecule has 0 radical (unpaired) electrons. The normalized spacial score (nSPS) is 12.2. The number of rotatable bonds is 3. The summed E-state index contributed by atoms with van der Waals surface area (Å²) in [4.78, 5) is 0. The zero-order valence-electron chi connectivity index (χ0n) is 9.73. The van der Waals surface area contributed by atoms with Crippen molar-refractivity contribution in [3.05, 3.63) is 58.1 Å². The number of hydrogen-bond acceptors (Lipinski definition) is 2. The third kappa shape index (κ3) is 3.39. The van der Waals surface area contributed by atoms with Gasteiger partial charge in [-0.1, -0.05) is 35.3 Å². The summed E-state index contributed by atoms with van der Waals surface area (Å²) >= 11 is 11.8. The lowest BCUT2D eigenvalue weighted by molar-refractivity contribution is 0.199. The number of halogens is 2. The van der Waals surface area contributed by atoms with Crippen LogP contribution in [0.4, 0.5) is 0 Å². The molecule has 0 aromatic heterocycles. The topological polar surface area (TPSA) is 29.5 Å². The standard InChI is InChI=1S/C14H12Cl2O2/c1-9(17)10-2-4-13(5-3-10)18-14-7-11(15)6-12(16)8-14/h2-9,17H,1H3/t9-/m0/s1. The molecule has 2 aromatic carbocycles. The maximum absolute atomic E-state index is 9.40. The summed E-state index contributed by atoms with van der Waals surface area (Å²) in [5.41, 5.74) is 0.839. The van der Waals surface area contributed by atoms with Crippen molar-refractivity contribution in [2.24, 2.45) is 0 Å². The molecule has 18 heavy (non-hydrogen) atoms. The Morgan fingerprint density at radius 1 is 0.944 bits per heavy atom. The molecule has 0 aliphatic carbocycles. The average Bonchev–Trinajstić information content (AvgIpc) is 2.28. The Labute approximate surface area is 116 Å². The van der Waals surface area contributed by atoms with Crippen LogP contribution in [-0.4, -0.2) is 5.11 Å². The first kappa shape index (κ1) is 13.2. The molecule has 1 N–H and O–H groups in total. The minimum absolute atomic E-state index is 0.486. The highest BCUT2D eigenvalue weighted by molar-refractivity contribution is 6.34. The monoisotopic (exact) mass is 282 g/mol. The SMILES string of the molecule is C[C@H](O)c1ccc(Oc2cc(Cl)cc(Cl)c2)cc1. The Morgan fingerprint density at radius 3 is 2.00 bits per heavy atom. The van der Waals surface area contributed by atoms with Crippen molar-refractivity contribution in [2.45, 2.75) is 13.0 Å². The van der Waals surface area contributed by atoms with Gasteiger partial charge in [0.2, 0.25) is 0 Å². The molecule has 0 unspecified atom stereocenters. The van der Waals surface area contributed by atoms with Gasteiger partial charge in [0.25, 0.3) is 0 Å². The van der Waals surface area contributed by atoms with Crippen LogP contribution >= 0.6 is 23.2 Å². The maximum Gasteiger partial charge on any atom is 0.130 e.